The first-order valence-electron chi connectivity index (χ1n) is 12.3. The number of primary amides is 1. The van der Waals surface area contributed by atoms with Crippen molar-refractivity contribution < 1.29 is 9.53 Å². The molecule has 5 rings (SSSR count). The third-order valence-corrected chi connectivity index (χ3v) is 8.33. The topological polar surface area (TPSA) is 95.7 Å². The Labute approximate surface area is 199 Å². The monoisotopic (exact) mass is 469 g/mol. The van der Waals surface area contributed by atoms with Crippen LogP contribution in [-0.2, 0) is 9.53 Å². The second-order valence-electron chi connectivity index (χ2n) is 9.68. The summed E-state index contributed by atoms with van der Waals surface area (Å²) in [6.07, 6.45) is 5.18. The van der Waals surface area contributed by atoms with E-state index in [0.717, 1.165) is 87.0 Å². The lowest BCUT2D eigenvalue weighted by Crippen LogP contribution is -2.41. The summed E-state index contributed by atoms with van der Waals surface area (Å²) in [4.78, 5) is 22.6. The summed E-state index contributed by atoms with van der Waals surface area (Å²) in [6, 6.07) is 6.91. The maximum atomic E-state index is 11.7. The van der Waals surface area contributed by atoms with Crippen molar-refractivity contribution in [1.82, 2.24) is 9.88 Å². The van der Waals surface area contributed by atoms with Crippen molar-refractivity contribution >= 4 is 39.3 Å². The number of likely N-dealkylation sites (tertiary alicyclic amines) is 1. The Morgan fingerprint density at radius 3 is 2.97 bits per heavy atom. The molecule has 0 saturated carbocycles. The minimum absolute atomic E-state index is 0.0912. The van der Waals surface area contributed by atoms with Crippen LogP contribution < -0.4 is 11.1 Å². The first-order chi connectivity index (χ1) is 16.1. The number of benzene rings is 1. The van der Waals surface area contributed by atoms with Crippen molar-refractivity contribution in [3.8, 4) is 0 Å². The zero-order valence-corrected chi connectivity index (χ0v) is 20.3. The van der Waals surface area contributed by atoms with E-state index >= 15 is 0 Å². The number of ether oxygens (including phenoxy) is 1. The molecule has 4 N–H and O–H groups in total. The molecule has 7 nitrogen and oxygen atoms in total. The van der Waals surface area contributed by atoms with E-state index in [2.05, 4.69) is 40.3 Å². The summed E-state index contributed by atoms with van der Waals surface area (Å²) < 4.78 is 5.50. The molecule has 2 saturated heterocycles. The van der Waals surface area contributed by atoms with Crippen molar-refractivity contribution in [3.05, 3.63) is 29.5 Å². The Morgan fingerprint density at radius 1 is 1.30 bits per heavy atom. The number of nitrogens with two attached hydrogens (primary N) is 1. The quantitative estimate of drug-likeness (QED) is 0.550. The maximum Gasteiger partial charge on any atom is 0.234 e. The van der Waals surface area contributed by atoms with Gasteiger partial charge < -0.3 is 20.8 Å². The lowest BCUT2D eigenvalue weighted by Gasteiger charge is -2.23. The maximum absolute atomic E-state index is 11.7. The molecule has 1 aromatic heterocycles. The number of nitrogens with zero attached hydrogens (tertiary/aromatic N) is 2. The molecular weight excluding hydrogens is 434 g/mol. The minimum atomic E-state index is -0.188. The van der Waals surface area contributed by atoms with E-state index < -0.39 is 0 Å². The number of hydrogen-bond donors (Lipinski definition) is 3. The van der Waals surface area contributed by atoms with Gasteiger partial charge in [0.05, 0.1) is 29.0 Å². The molecule has 2 fully saturated rings. The zero-order chi connectivity index (χ0) is 22.8. The second-order valence-corrected chi connectivity index (χ2v) is 10.7. The van der Waals surface area contributed by atoms with Gasteiger partial charge in [-0.3, -0.25) is 14.7 Å². The number of anilines is 1. The number of H-pyrrole nitrogens is 1. The Morgan fingerprint density at radius 2 is 2.15 bits per heavy atom. The van der Waals surface area contributed by atoms with Gasteiger partial charge in [-0.1, -0.05) is 0 Å². The molecule has 3 aliphatic heterocycles. The van der Waals surface area contributed by atoms with Crippen molar-refractivity contribution in [2.24, 2.45) is 16.6 Å². The number of aryl methyl sites for hydroxylation is 1. The van der Waals surface area contributed by atoms with Crippen LogP contribution in [0.2, 0.25) is 0 Å². The molecule has 4 heterocycles. The number of fused-ring (bicyclic) bond motifs is 1. The van der Waals surface area contributed by atoms with E-state index in [1.54, 1.807) is 0 Å². The molecule has 8 heteroatoms. The summed E-state index contributed by atoms with van der Waals surface area (Å²) in [5, 5.41) is 6.02. The number of carbonyl (C=O) groups excluding carboxylic acids is 1. The highest BCUT2D eigenvalue weighted by Gasteiger charge is 2.30. The van der Waals surface area contributed by atoms with Crippen LogP contribution in [0.5, 0.6) is 0 Å². The third kappa shape index (κ3) is 5.23. The van der Waals surface area contributed by atoms with Crippen LogP contribution in [0.1, 0.15) is 43.4 Å². The number of aromatic amines is 1. The normalized spacial score (nSPS) is 24.5. The van der Waals surface area contributed by atoms with Crippen LogP contribution in [0.25, 0.3) is 10.9 Å². The number of hydrogen-bond acceptors (Lipinski definition) is 6. The van der Waals surface area contributed by atoms with Crippen molar-refractivity contribution in [3.63, 3.8) is 0 Å². The lowest BCUT2D eigenvalue weighted by molar-refractivity contribution is -0.122. The van der Waals surface area contributed by atoms with Gasteiger partial charge in [0.25, 0.3) is 0 Å². The highest BCUT2D eigenvalue weighted by Crippen LogP contribution is 2.31. The van der Waals surface area contributed by atoms with Crippen LogP contribution >= 0.6 is 11.8 Å². The van der Waals surface area contributed by atoms with Gasteiger partial charge in [-0.25, -0.2) is 0 Å². The summed E-state index contributed by atoms with van der Waals surface area (Å²) >= 11 is 1.83. The highest BCUT2D eigenvalue weighted by atomic mass is 32.2. The molecule has 0 unspecified atom stereocenters. The van der Waals surface area contributed by atoms with E-state index in [0.29, 0.717) is 12.0 Å². The van der Waals surface area contributed by atoms with Gasteiger partial charge in [0.1, 0.15) is 5.04 Å². The van der Waals surface area contributed by atoms with Crippen LogP contribution in [0.3, 0.4) is 0 Å². The third-order valence-electron chi connectivity index (χ3n) is 7.18. The van der Waals surface area contributed by atoms with E-state index in [1.807, 2.05) is 11.8 Å². The minimum Gasteiger partial charge on any atom is -0.383 e. The van der Waals surface area contributed by atoms with E-state index in [-0.39, 0.29) is 11.9 Å². The second kappa shape index (κ2) is 10.1. The molecule has 0 aliphatic carbocycles. The fraction of sp³-hybridized carbons (Fsp3) is 0.600. The van der Waals surface area contributed by atoms with Gasteiger partial charge in [0.15, 0.2) is 0 Å². The molecule has 0 spiro atoms. The predicted molar refractivity (Wildman–Crippen MR) is 136 cm³/mol. The largest absolute Gasteiger partial charge is 0.383 e. The smallest absolute Gasteiger partial charge is 0.234 e. The highest BCUT2D eigenvalue weighted by molar-refractivity contribution is 8.14. The zero-order valence-electron chi connectivity index (χ0n) is 19.4. The van der Waals surface area contributed by atoms with Gasteiger partial charge in [-0.15, -0.1) is 11.8 Å². The summed E-state index contributed by atoms with van der Waals surface area (Å²) in [5.74, 6) is 1.48. The van der Waals surface area contributed by atoms with Crippen molar-refractivity contribution in [2.45, 2.75) is 51.1 Å². The lowest BCUT2D eigenvalue weighted by atomic mass is 10.0. The molecule has 178 valence electrons. The summed E-state index contributed by atoms with van der Waals surface area (Å²) in [5.41, 5.74) is 10.3. The van der Waals surface area contributed by atoms with Gasteiger partial charge >= 0.3 is 0 Å². The number of nitrogens with one attached hydrogen (secondary N) is 2. The molecule has 0 bridgehead atoms. The number of carbonyl (C=O) groups is 1. The summed E-state index contributed by atoms with van der Waals surface area (Å²) in [6.45, 7) is 6.75. The number of rotatable bonds is 8. The first kappa shape index (κ1) is 22.7. The molecular formula is C25H35N5O2S. The molecule has 3 aliphatic rings. The predicted octanol–water partition coefficient (Wildman–Crippen LogP) is 3.52. The molecule has 1 amide bonds. The molecule has 0 radical (unpaired) electrons. The van der Waals surface area contributed by atoms with Crippen LogP contribution in [0.15, 0.2) is 23.2 Å². The Hall–Kier alpha value is -2.03. The van der Waals surface area contributed by atoms with E-state index in [9.17, 15) is 4.79 Å². The number of aliphatic imine (C=N–C) groups is 1. The number of amides is 1. The average Bonchev–Trinajstić information content (AvgIpc) is 3.55. The Kier molecular flexibility index (Phi) is 6.94. The van der Waals surface area contributed by atoms with Crippen LogP contribution in [0, 0.1) is 12.8 Å². The standard InChI is InChI=1S/C25H35N5O2S/c1-16-11-18-13-21(29-23(18)20(12-16)27-14-17-5-9-32-10-6-17)25-28-19(15-33-25)4-8-30-7-2-3-22(30)24(26)31/h11-13,17,19,22,27,29H,2-10,14-15H2,1H3,(H2,26,31)/t19-,22-/m0/s1. The SMILES string of the molecule is Cc1cc(NCC2CCOCC2)c2[nH]c(C3=N[C@@H](CCN4CCC[C@H]4C(N)=O)CS3)cc2c1. The molecule has 2 aromatic rings. The van der Waals surface area contributed by atoms with Gasteiger partial charge in [-0.05, 0) is 75.3 Å². The fourth-order valence-electron chi connectivity index (χ4n) is 5.29. The van der Waals surface area contributed by atoms with E-state index in [1.165, 1.54) is 16.6 Å². The van der Waals surface area contributed by atoms with Crippen LogP contribution in [0.4, 0.5) is 5.69 Å². The van der Waals surface area contributed by atoms with Gasteiger partial charge in [-0.2, -0.15) is 0 Å². The van der Waals surface area contributed by atoms with Crippen molar-refractivity contribution in [1.29, 1.82) is 0 Å². The first-order valence-corrected chi connectivity index (χ1v) is 13.2. The average molecular weight is 470 g/mol. The number of thioether (sulfide) groups is 1. The Balaban J connectivity index is 1.26. The molecule has 1 aromatic carbocycles. The summed E-state index contributed by atoms with van der Waals surface area (Å²) in [7, 11) is 0. The van der Waals surface area contributed by atoms with Crippen molar-refractivity contribution in [2.75, 3.05) is 43.9 Å². The van der Waals surface area contributed by atoms with E-state index in [4.69, 9.17) is 15.5 Å². The molecule has 33 heavy (non-hydrogen) atoms. The Bertz CT molecular complexity index is 1030. The van der Waals surface area contributed by atoms with Gasteiger partial charge in [0.2, 0.25) is 5.91 Å². The molecule has 2 atom stereocenters. The fourth-order valence-corrected chi connectivity index (χ4v) is 6.38. The van der Waals surface area contributed by atoms with Gasteiger partial charge in [0, 0.05) is 37.4 Å². The van der Waals surface area contributed by atoms with Crippen LogP contribution in [-0.4, -0.2) is 71.5 Å². The number of aromatic nitrogens is 1.